The highest BCUT2D eigenvalue weighted by Crippen LogP contribution is 2.40. The molecule has 0 radical (unpaired) electrons. The Morgan fingerprint density at radius 1 is 1.18 bits per heavy atom. The van der Waals surface area contributed by atoms with E-state index in [0.717, 1.165) is 6.42 Å². The van der Waals surface area contributed by atoms with E-state index in [1.807, 2.05) is 9.80 Å². The summed E-state index contributed by atoms with van der Waals surface area (Å²) >= 11 is 0. The van der Waals surface area contributed by atoms with Gasteiger partial charge in [-0.1, -0.05) is 0 Å². The van der Waals surface area contributed by atoms with Gasteiger partial charge in [0.2, 0.25) is 18.6 Å². The molecule has 2 amide bonds. The van der Waals surface area contributed by atoms with Gasteiger partial charge in [-0.15, -0.1) is 0 Å². The molecule has 28 heavy (non-hydrogen) atoms. The number of nitrogens with one attached hydrogen (secondary N) is 1. The van der Waals surface area contributed by atoms with Crippen LogP contribution in [0.1, 0.15) is 6.42 Å². The fraction of sp³-hybridized carbons (Fsp3) is 0.579. The summed E-state index contributed by atoms with van der Waals surface area (Å²) in [6.45, 7) is 4.22. The molecule has 3 aliphatic rings. The number of rotatable bonds is 5. The van der Waals surface area contributed by atoms with Crippen molar-refractivity contribution in [3.05, 3.63) is 12.1 Å². The van der Waals surface area contributed by atoms with Crippen LogP contribution < -0.4 is 19.5 Å². The zero-order valence-corrected chi connectivity index (χ0v) is 15.9. The Morgan fingerprint density at radius 2 is 1.93 bits per heavy atom. The third-order valence-electron chi connectivity index (χ3n) is 5.30. The van der Waals surface area contributed by atoms with Crippen LogP contribution in [0.2, 0.25) is 0 Å². The maximum absolute atomic E-state index is 12.5. The first-order chi connectivity index (χ1) is 13.6. The SMILES string of the molecule is COc1cc2c(cc1NC(=O)CN1CCN(C(=O)C3CCOC3)CC1)OCO2. The summed E-state index contributed by atoms with van der Waals surface area (Å²) in [5.74, 6) is 1.73. The third-order valence-corrected chi connectivity index (χ3v) is 5.30. The van der Waals surface area contributed by atoms with Gasteiger partial charge in [0.15, 0.2) is 11.5 Å². The number of hydrogen-bond donors (Lipinski definition) is 1. The number of ether oxygens (including phenoxy) is 4. The Morgan fingerprint density at radius 3 is 2.61 bits per heavy atom. The van der Waals surface area contributed by atoms with Crippen molar-refractivity contribution >= 4 is 17.5 Å². The molecule has 4 rings (SSSR count). The van der Waals surface area contributed by atoms with Gasteiger partial charge < -0.3 is 29.2 Å². The molecule has 9 nitrogen and oxygen atoms in total. The lowest BCUT2D eigenvalue weighted by atomic mass is 10.1. The average Bonchev–Trinajstić information content (AvgIpc) is 3.39. The number of hydrogen-bond acceptors (Lipinski definition) is 7. The molecule has 1 atom stereocenters. The molecule has 9 heteroatoms. The van der Waals surface area contributed by atoms with Crippen molar-refractivity contribution in [2.24, 2.45) is 5.92 Å². The molecule has 0 spiro atoms. The zero-order chi connectivity index (χ0) is 19.5. The topological polar surface area (TPSA) is 89.6 Å². The van der Waals surface area contributed by atoms with Crippen molar-refractivity contribution < 1.29 is 28.5 Å². The van der Waals surface area contributed by atoms with Gasteiger partial charge in [0, 0.05) is 44.9 Å². The number of fused-ring (bicyclic) bond motifs is 1. The first kappa shape index (κ1) is 18.8. The predicted molar refractivity (Wildman–Crippen MR) is 99.7 cm³/mol. The van der Waals surface area contributed by atoms with Crippen LogP contribution in [0.15, 0.2) is 12.1 Å². The Bertz CT molecular complexity index is 741. The van der Waals surface area contributed by atoms with E-state index in [1.165, 1.54) is 0 Å². The van der Waals surface area contributed by atoms with Gasteiger partial charge in [0.05, 0.1) is 31.9 Å². The van der Waals surface area contributed by atoms with E-state index in [4.69, 9.17) is 18.9 Å². The van der Waals surface area contributed by atoms with Gasteiger partial charge in [0.1, 0.15) is 5.75 Å². The standard InChI is InChI=1S/C19H25N3O6/c1-25-15-9-17-16(27-12-28-17)8-14(15)20-18(23)10-21-3-5-22(6-4-21)19(24)13-2-7-26-11-13/h8-9,13H,2-7,10-12H2,1H3,(H,20,23). The molecular formula is C19H25N3O6. The average molecular weight is 391 g/mol. The molecule has 1 aromatic carbocycles. The first-order valence-electron chi connectivity index (χ1n) is 9.50. The fourth-order valence-corrected chi connectivity index (χ4v) is 3.70. The molecule has 3 aliphatic heterocycles. The Hall–Kier alpha value is -2.52. The molecule has 3 heterocycles. The number of anilines is 1. The van der Waals surface area contributed by atoms with Crippen LogP contribution in [-0.4, -0.2) is 81.5 Å². The number of amides is 2. The molecule has 1 N–H and O–H groups in total. The third kappa shape index (κ3) is 4.00. The molecule has 2 saturated heterocycles. The molecule has 152 valence electrons. The Kier molecular flexibility index (Phi) is 5.54. The van der Waals surface area contributed by atoms with Gasteiger partial charge in [0.25, 0.3) is 0 Å². The molecule has 0 bridgehead atoms. The number of piperazine rings is 1. The van der Waals surface area contributed by atoms with Crippen LogP contribution in [-0.2, 0) is 14.3 Å². The highest BCUT2D eigenvalue weighted by Gasteiger charge is 2.30. The van der Waals surface area contributed by atoms with E-state index in [2.05, 4.69) is 5.32 Å². The highest BCUT2D eigenvalue weighted by molar-refractivity contribution is 5.94. The summed E-state index contributed by atoms with van der Waals surface area (Å²) in [7, 11) is 1.54. The van der Waals surface area contributed by atoms with Crippen LogP contribution in [0, 0.1) is 5.92 Å². The van der Waals surface area contributed by atoms with E-state index >= 15 is 0 Å². The van der Waals surface area contributed by atoms with E-state index < -0.39 is 0 Å². The van der Waals surface area contributed by atoms with Crippen LogP contribution in [0.5, 0.6) is 17.2 Å². The number of carbonyl (C=O) groups excluding carboxylic acids is 2. The second-order valence-corrected chi connectivity index (χ2v) is 7.12. The van der Waals surface area contributed by atoms with Crippen LogP contribution in [0.25, 0.3) is 0 Å². The minimum atomic E-state index is -0.138. The summed E-state index contributed by atoms with van der Waals surface area (Å²) in [6, 6.07) is 3.41. The van der Waals surface area contributed by atoms with Crippen LogP contribution in [0.4, 0.5) is 5.69 Å². The van der Waals surface area contributed by atoms with Crippen molar-refractivity contribution in [2.45, 2.75) is 6.42 Å². The van der Waals surface area contributed by atoms with Gasteiger partial charge in [-0.3, -0.25) is 14.5 Å². The van der Waals surface area contributed by atoms with Gasteiger partial charge >= 0.3 is 0 Å². The monoisotopic (exact) mass is 391 g/mol. The number of nitrogens with zero attached hydrogens (tertiary/aromatic N) is 2. The van der Waals surface area contributed by atoms with Gasteiger partial charge in [-0.2, -0.15) is 0 Å². The van der Waals surface area contributed by atoms with Crippen molar-refractivity contribution in [3.63, 3.8) is 0 Å². The molecule has 1 unspecified atom stereocenters. The predicted octanol–water partition coefficient (Wildman–Crippen LogP) is 0.543. The quantitative estimate of drug-likeness (QED) is 0.784. The molecule has 0 aliphatic carbocycles. The highest BCUT2D eigenvalue weighted by atomic mass is 16.7. The van der Waals surface area contributed by atoms with Crippen LogP contribution in [0.3, 0.4) is 0 Å². The number of carbonyl (C=O) groups is 2. The normalized spacial score (nSPS) is 21.6. The van der Waals surface area contributed by atoms with Crippen molar-refractivity contribution in [3.8, 4) is 17.2 Å². The van der Waals surface area contributed by atoms with E-state index in [0.29, 0.717) is 62.3 Å². The summed E-state index contributed by atoms with van der Waals surface area (Å²) in [4.78, 5) is 28.9. The van der Waals surface area contributed by atoms with E-state index in [-0.39, 0.29) is 31.1 Å². The lowest BCUT2D eigenvalue weighted by molar-refractivity contribution is -0.137. The maximum Gasteiger partial charge on any atom is 0.238 e. The van der Waals surface area contributed by atoms with Crippen molar-refractivity contribution in [1.82, 2.24) is 9.80 Å². The van der Waals surface area contributed by atoms with Crippen molar-refractivity contribution in [2.75, 3.05) is 65.2 Å². The summed E-state index contributed by atoms with van der Waals surface area (Å²) in [5.41, 5.74) is 0.548. The summed E-state index contributed by atoms with van der Waals surface area (Å²) < 4.78 is 21.3. The fourth-order valence-electron chi connectivity index (χ4n) is 3.70. The smallest absolute Gasteiger partial charge is 0.238 e. The summed E-state index contributed by atoms with van der Waals surface area (Å²) in [6.07, 6.45) is 0.804. The second kappa shape index (κ2) is 8.24. The lowest BCUT2D eigenvalue weighted by Gasteiger charge is -2.35. The number of methoxy groups -OCH3 is 1. The molecule has 2 fully saturated rings. The van der Waals surface area contributed by atoms with Gasteiger partial charge in [-0.05, 0) is 6.42 Å². The van der Waals surface area contributed by atoms with E-state index in [9.17, 15) is 9.59 Å². The van der Waals surface area contributed by atoms with Crippen LogP contribution >= 0.6 is 0 Å². The first-order valence-corrected chi connectivity index (χ1v) is 9.50. The Labute approximate surface area is 163 Å². The maximum atomic E-state index is 12.5. The zero-order valence-electron chi connectivity index (χ0n) is 15.9. The minimum Gasteiger partial charge on any atom is -0.494 e. The summed E-state index contributed by atoms with van der Waals surface area (Å²) in [5, 5.41) is 2.88. The molecule has 0 saturated carbocycles. The van der Waals surface area contributed by atoms with Crippen molar-refractivity contribution in [1.29, 1.82) is 0 Å². The second-order valence-electron chi connectivity index (χ2n) is 7.12. The molecule has 1 aromatic rings. The largest absolute Gasteiger partial charge is 0.494 e. The Balaban J connectivity index is 1.29. The minimum absolute atomic E-state index is 0.00618. The molecular weight excluding hydrogens is 366 g/mol. The van der Waals surface area contributed by atoms with Gasteiger partial charge in [-0.25, -0.2) is 0 Å². The van der Waals surface area contributed by atoms with E-state index in [1.54, 1.807) is 19.2 Å². The number of benzene rings is 1. The molecule has 0 aromatic heterocycles. The lowest BCUT2D eigenvalue weighted by Crippen LogP contribution is -2.51.